The molecule has 0 spiro atoms. The molecular formula is C15H23NO. The van der Waals surface area contributed by atoms with Gasteiger partial charge in [-0.25, -0.2) is 0 Å². The van der Waals surface area contributed by atoms with Crippen molar-refractivity contribution in [1.29, 1.82) is 0 Å². The second-order valence-electron chi connectivity index (χ2n) is 5.17. The Morgan fingerprint density at radius 1 is 1.41 bits per heavy atom. The minimum absolute atomic E-state index is 0.367. The molecule has 1 aliphatic rings. The van der Waals surface area contributed by atoms with Gasteiger partial charge in [0.2, 0.25) is 0 Å². The molecule has 2 rings (SSSR count). The maximum atomic E-state index is 5.45. The number of aryl methyl sites for hydroxylation is 1. The van der Waals surface area contributed by atoms with Crippen LogP contribution in [0.3, 0.4) is 0 Å². The summed E-state index contributed by atoms with van der Waals surface area (Å²) in [7, 11) is 1.75. The number of ether oxygens (including phenoxy) is 1. The van der Waals surface area contributed by atoms with E-state index in [0.717, 1.165) is 18.2 Å². The van der Waals surface area contributed by atoms with Crippen molar-refractivity contribution in [2.45, 2.75) is 39.2 Å². The van der Waals surface area contributed by atoms with Gasteiger partial charge in [0.15, 0.2) is 0 Å². The molecular weight excluding hydrogens is 210 g/mol. The molecule has 1 atom stereocenters. The maximum Gasteiger partial charge on any atom is 0.123 e. The Balaban J connectivity index is 1.98. The lowest BCUT2D eigenvalue weighted by Crippen LogP contribution is -2.29. The quantitative estimate of drug-likeness (QED) is 0.841. The molecule has 0 radical (unpaired) electrons. The van der Waals surface area contributed by atoms with Crippen LogP contribution in [0.15, 0.2) is 18.2 Å². The summed E-state index contributed by atoms with van der Waals surface area (Å²) in [5.41, 5.74) is 2.51. The average molecular weight is 233 g/mol. The van der Waals surface area contributed by atoms with Crippen molar-refractivity contribution in [3.63, 3.8) is 0 Å². The summed E-state index contributed by atoms with van der Waals surface area (Å²) in [6, 6.07) is 6.80. The smallest absolute Gasteiger partial charge is 0.123 e. The second-order valence-corrected chi connectivity index (χ2v) is 5.17. The number of benzene rings is 1. The van der Waals surface area contributed by atoms with Crippen LogP contribution < -0.4 is 10.1 Å². The minimum Gasteiger partial charge on any atom is -0.496 e. The lowest BCUT2D eigenvalue weighted by Gasteiger charge is -2.28. The molecule has 1 aliphatic carbocycles. The normalized spacial score (nSPS) is 17.6. The molecule has 2 heteroatoms. The number of hydrogen-bond donors (Lipinski definition) is 1. The topological polar surface area (TPSA) is 21.3 Å². The summed E-state index contributed by atoms with van der Waals surface area (Å²) in [5.74, 6) is 1.90. The van der Waals surface area contributed by atoms with E-state index in [9.17, 15) is 0 Å². The van der Waals surface area contributed by atoms with Crippen LogP contribution in [0.5, 0.6) is 5.75 Å². The first-order valence-corrected chi connectivity index (χ1v) is 6.58. The van der Waals surface area contributed by atoms with E-state index >= 15 is 0 Å². The molecule has 2 nitrogen and oxygen atoms in total. The van der Waals surface area contributed by atoms with Crippen molar-refractivity contribution in [2.24, 2.45) is 5.92 Å². The summed E-state index contributed by atoms with van der Waals surface area (Å²) in [4.78, 5) is 0. The Kier molecular flexibility index (Phi) is 4.06. The predicted molar refractivity (Wildman–Crippen MR) is 71.5 cm³/mol. The highest BCUT2D eigenvalue weighted by molar-refractivity contribution is 5.39. The molecule has 94 valence electrons. The van der Waals surface area contributed by atoms with E-state index in [1.165, 1.54) is 30.4 Å². The van der Waals surface area contributed by atoms with Crippen molar-refractivity contribution in [1.82, 2.24) is 5.32 Å². The third kappa shape index (κ3) is 3.01. The van der Waals surface area contributed by atoms with E-state index in [-0.39, 0.29) is 0 Å². The van der Waals surface area contributed by atoms with E-state index < -0.39 is 0 Å². The van der Waals surface area contributed by atoms with E-state index in [1.54, 1.807) is 7.11 Å². The molecule has 0 heterocycles. The molecule has 0 saturated heterocycles. The van der Waals surface area contributed by atoms with Gasteiger partial charge in [0.1, 0.15) is 5.75 Å². The van der Waals surface area contributed by atoms with E-state index in [1.807, 2.05) is 0 Å². The third-order valence-corrected chi connectivity index (χ3v) is 3.79. The summed E-state index contributed by atoms with van der Waals surface area (Å²) in [6.45, 7) is 5.45. The van der Waals surface area contributed by atoms with Gasteiger partial charge in [0.25, 0.3) is 0 Å². The molecule has 1 aromatic rings. The first kappa shape index (κ1) is 12.4. The fourth-order valence-corrected chi connectivity index (χ4v) is 2.33. The Morgan fingerprint density at radius 3 is 2.76 bits per heavy atom. The number of hydrogen-bond acceptors (Lipinski definition) is 2. The van der Waals surface area contributed by atoms with Gasteiger partial charge in [-0.15, -0.1) is 0 Å². The third-order valence-electron chi connectivity index (χ3n) is 3.79. The van der Waals surface area contributed by atoms with Crippen LogP contribution in [-0.2, 0) is 0 Å². The highest BCUT2D eigenvalue weighted by atomic mass is 16.5. The summed E-state index contributed by atoms with van der Waals surface area (Å²) < 4.78 is 5.45. The van der Waals surface area contributed by atoms with Gasteiger partial charge in [-0.1, -0.05) is 18.6 Å². The monoisotopic (exact) mass is 233 g/mol. The zero-order valence-corrected chi connectivity index (χ0v) is 11.1. The first-order chi connectivity index (χ1) is 8.20. The molecule has 0 amide bonds. The van der Waals surface area contributed by atoms with Crippen LogP contribution in [0.2, 0.25) is 0 Å². The fraction of sp³-hybridized carbons (Fsp3) is 0.600. The van der Waals surface area contributed by atoms with Crippen molar-refractivity contribution >= 4 is 0 Å². The zero-order chi connectivity index (χ0) is 12.3. The number of methoxy groups -OCH3 is 1. The molecule has 1 saturated carbocycles. The van der Waals surface area contributed by atoms with E-state index in [4.69, 9.17) is 4.74 Å². The van der Waals surface area contributed by atoms with Crippen molar-refractivity contribution in [2.75, 3.05) is 13.7 Å². The number of rotatable bonds is 5. The highest BCUT2D eigenvalue weighted by Gasteiger charge is 2.19. The van der Waals surface area contributed by atoms with Gasteiger partial charge in [-0.2, -0.15) is 0 Å². The Bertz CT molecular complexity index is 371. The maximum absolute atomic E-state index is 5.45. The molecule has 1 unspecified atom stereocenters. The van der Waals surface area contributed by atoms with Gasteiger partial charge < -0.3 is 10.1 Å². The lowest BCUT2D eigenvalue weighted by molar-refractivity contribution is 0.291. The second kappa shape index (κ2) is 5.54. The molecule has 17 heavy (non-hydrogen) atoms. The van der Waals surface area contributed by atoms with Crippen LogP contribution in [0, 0.1) is 12.8 Å². The SMILES string of the molecule is COc1cc(C)ccc1C(C)NCC1CCC1. The number of nitrogens with one attached hydrogen (secondary N) is 1. The van der Waals surface area contributed by atoms with Gasteiger partial charge in [-0.3, -0.25) is 0 Å². The van der Waals surface area contributed by atoms with Gasteiger partial charge in [0.05, 0.1) is 7.11 Å². The standard InChI is InChI=1S/C15H23NO/c1-11-7-8-14(15(9-11)17-3)12(2)16-10-13-5-4-6-13/h7-9,12-13,16H,4-6,10H2,1-3H3. The molecule has 1 fully saturated rings. The van der Waals surface area contributed by atoms with Crippen molar-refractivity contribution < 1.29 is 4.74 Å². The average Bonchev–Trinajstić information content (AvgIpc) is 2.26. The van der Waals surface area contributed by atoms with Crippen molar-refractivity contribution in [3.8, 4) is 5.75 Å². The molecule has 1 N–H and O–H groups in total. The summed E-state index contributed by atoms with van der Waals surface area (Å²) in [6.07, 6.45) is 4.20. The largest absolute Gasteiger partial charge is 0.496 e. The Hall–Kier alpha value is -1.02. The summed E-state index contributed by atoms with van der Waals surface area (Å²) >= 11 is 0. The van der Waals surface area contributed by atoms with Crippen LogP contribution in [-0.4, -0.2) is 13.7 Å². The van der Waals surface area contributed by atoms with Crippen LogP contribution >= 0.6 is 0 Å². The first-order valence-electron chi connectivity index (χ1n) is 6.58. The van der Waals surface area contributed by atoms with Gasteiger partial charge in [-0.05, 0) is 50.8 Å². The minimum atomic E-state index is 0.367. The molecule has 0 bridgehead atoms. The lowest BCUT2D eigenvalue weighted by atomic mass is 9.85. The van der Waals surface area contributed by atoms with Gasteiger partial charge >= 0.3 is 0 Å². The van der Waals surface area contributed by atoms with E-state index in [2.05, 4.69) is 37.4 Å². The van der Waals surface area contributed by atoms with Crippen LogP contribution in [0.25, 0.3) is 0 Å². The van der Waals surface area contributed by atoms with Gasteiger partial charge in [0, 0.05) is 11.6 Å². The molecule has 1 aromatic carbocycles. The predicted octanol–water partition coefficient (Wildman–Crippen LogP) is 3.45. The Morgan fingerprint density at radius 2 is 2.18 bits per heavy atom. The highest BCUT2D eigenvalue weighted by Crippen LogP contribution is 2.29. The van der Waals surface area contributed by atoms with E-state index in [0.29, 0.717) is 6.04 Å². The Labute approximate surface area is 104 Å². The van der Waals surface area contributed by atoms with Crippen LogP contribution in [0.1, 0.15) is 43.4 Å². The summed E-state index contributed by atoms with van der Waals surface area (Å²) in [5, 5.41) is 3.62. The molecule has 0 aromatic heterocycles. The fourth-order valence-electron chi connectivity index (χ4n) is 2.33. The van der Waals surface area contributed by atoms with Crippen molar-refractivity contribution in [3.05, 3.63) is 29.3 Å². The molecule has 0 aliphatic heterocycles. The zero-order valence-electron chi connectivity index (χ0n) is 11.1. The van der Waals surface area contributed by atoms with Crippen LogP contribution in [0.4, 0.5) is 0 Å².